The van der Waals surface area contributed by atoms with Gasteiger partial charge in [-0.1, -0.05) is 127 Å². The van der Waals surface area contributed by atoms with Crippen molar-refractivity contribution >= 4 is 43.7 Å². The Morgan fingerprint density at radius 3 is 1.76 bits per heavy atom. The molecule has 0 aliphatic heterocycles. The summed E-state index contributed by atoms with van der Waals surface area (Å²) in [7, 11) is 0. The van der Waals surface area contributed by atoms with E-state index in [-0.39, 0.29) is 10.8 Å². The van der Waals surface area contributed by atoms with E-state index in [4.69, 9.17) is 35.9 Å². The second-order valence-corrected chi connectivity index (χ2v) is 10.4. The minimum absolute atomic E-state index is 0.357. The van der Waals surface area contributed by atoms with Gasteiger partial charge in [0.2, 0.25) is 0 Å². The van der Waals surface area contributed by atoms with Gasteiger partial charge in [-0.2, -0.15) is 0 Å². The normalized spacial score (nSPS) is 19.2. The molecule has 0 bridgehead atoms. The summed E-state index contributed by atoms with van der Waals surface area (Å²) in [4.78, 5) is 13.1. The average molecular weight is 668 g/mol. The molecule has 0 fully saturated rings. The summed E-state index contributed by atoms with van der Waals surface area (Å²) in [5.74, 6) is -2.51. The summed E-state index contributed by atoms with van der Waals surface area (Å²) in [6, 6.07) is -21.7. The Bertz CT molecular complexity index is 4300. The Kier molecular flexibility index (Phi) is 2.79. The van der Waals surface area contributed by atoms with Crippen LogP contribution in [0.5, 0.6) is 0 Å². The molecule has 0 aliphatic rings. The molecule has 10 aromatic rings. The highest BCUT2D eigenvalue weighted by atomic mass is 16.3. The number of benzene rings is 7. The molecule has 0 aliphatic carbocycles. The van der Waals surface area contributed by atoms with Crippen LogP contribution in [-0.4, -0.2) is 19.5 Å². The molecule has 5 nitrogen and oxygen atoms in total. The molecule has 50 heavy (non-hydrogen) atoms. The maximum absolute atomic E-state index is 9.62. The van der Waals surface area contributed by atoms with Crippen molar-refractivity contribution in [3.8, 4) is 51.0 Å². The maximum atomic E-state index is 9.62. The van der Waals surface area contributed by atoms with Gasteiger partial charge in [-0.25, -0.2) is 15.0 Å². The molecular formula is C45H28N4O. The third-order valence-electron chi connectivity index (χ3n) is 7.57. The molecule has 234 valence electrons. The Balaban J connectivity index is 1.36. The highest BCUT2D eigenvalue weighted by Crippen LogP contribution is 2.39. The van der Waals surface area contributed by atoms with Crippen LogP contribution >= 0.6 is 0 Å². The number of aromatic nitrogens is 4. The van der Waals surface area contributed by atoms with Crippen molar-refractivity contribution < 1.29 is 41.4 Å². The molecule has 7 aromatic carbocycles. The quantitative estimate of drug-likeness (QED) is 0.183. The van der Waals surface area contributed by atoms with Gasteiger partial charge in [0.25, 0.3) is 0 Å². The highest BCUT2D eigenvalue weighted by molar-refractivity contribution is 6.13. The minimum atomic E-state index is -0.993. The van der Waals surface area contributed by atoms with Crippen LogP contribution in [0.1, 0.15) is 37.0 Å². The van der Waals surface area contributed by atoms with Gasteiger partial charge in [0.1, 0.15) is 11.2 Å². The first-order valence-electron chi connectivity index (χ1n) is 28.0. The van der Waals surface area contributed by atoms with E-state index in [0.29, 0.717) is 0 Å². The number of hydrogen-bond donors (Lipinski definition) is 0. The van der Waals surface area contributed by atoms with Crippen LogP contribution in [0, 0.1) is 0 Å². The fourth-order valence-electron chi connectivity index (χ4n) is 5.47. The first-order valence-corrected chi connectivity index (χ1v) is 14.5. The van der Waals surface area contributed by atoms with Crippen molar-refractivity contribution in [3.05, 3.63) is 169 Å². The molecule has 0 saturated heterocycles. The molecule has 3 aromatic heterocycles. The fourth-order valence-corrected chi connectivity index (χ4v) is 5.47. The van der Waals surface area contributed by atoms with E-state index in [1.54, 1.807) is 0 Å². The number of fused-ring (bicyclic) bond motifs is 6. The number of furan rings is 1. The SMILES string of the molecule is [2H]c1c([2H])c([2H])c(-c2nc(-c3c([2H])c([2H])c([2H])c(-c4c([2H])c([2H])c([2H])c([2H])c4[2H])c3[2H])nc(-c3c([2H])c([2H])c([2H])c4oc5c([2H])c(-n6c7c([2H])c([2H])c([2H])c([2H])c7c7c([2H])c([2H])c([2H])c([2H])c76)cc([2H])c5c34)n2)c([2H])c1[2H]. The van der Waals surface area contributed by atoms with Crippen LogP contribution in [0.2, 0.25) is 0 Å². The lowest BCUT2D eigenvalue weighted by Crippen LogP contribution is -2.00. The molecule has 10 rings (SSSR count). The van der Waals surface area contributed by atoms with Gasteiger partial charge in [0.15, 0.2) is 17.5 Å². The van der Waals surface area contributed by atoms with Gasteiger partial charge in [0.05, 0.1) is 48.0 Å². The smallest absolute Gasteiger partial charge is 0.164 e. The van der Waals surface area contributed by atoms with E-state index in [2.05, 4.69) is 15.0 Å². The number of hydrogen-bond acceptors (Lipinski definition) is 4. The lowest BCUT2D eigenvalue weighted by Gasteiger charge is -2.10. The van der Waals surface area contributed by atoms with Gasteiger partial charge in [-0.05, 0) is 47.4 Å². The minimum Gasteiger partial charge on any atom is -0.456 e. The van der Waals surface area contributed by atoms with Crippen molar-refractivity contribution in [1.82, 2.24) is 19.5 Å². The molecule has 0 unspecified atom stereocenters. The van der Waals surface area contributed by atoms with E-state index in [1.807, 2.05) is 0 Å². The Hall–Kier alpha value is -6.85. The molecule has 0 amide bonds. The average Bonchev–Trinajstić information content (AvgIpc) is 4.15. The van der Waals surface area contributed by atoms with Crippen LogP contribution < -0.4 is 0 Å². The number of para-hydroxylation sites is 2. The number of nitrogens with zero attached hydrogens (tertiary/aromatic N) is 4. The summed E-state index contributed by atoms with van der Waals surface area (Å²) in [5, 5.41) is -1.58. The van der Waals surface area contributed by atoms with Crippen LogP contribution in [-0.2, 0) is 0 Å². The fraction of sp³-hybridized carbons (Fsp3) is 0. The molecule has 0 saturated carbocycles. The first kappa shape index (κ1) is 12.2. The summed E-state index contributed by atoms with van der Waals surface area (Å²) >= 11 is 0. The largest absolute Gasteiger partial charge is 0.456 e. The first-order chi connectivity index (χ1) is 36.0. The molecule has 0 spiro atoms. The predicted octanol–water partition coefficient (Wildman–Crippen LogP) is 11.5. The summed E-state index contributed by atoms with van der Waals surface area (Å²) < 4.78 is 244. The predicted molar refractivity (Wildman–Crippen MR) is 203 cm³/mol. The van der Waals surface area contributed by atoms with Crippen molar-refractivity contribution in [2.24, 2.45) is 0 Å². The van der Waals surface area contributed by atoms with Gasteiger partial charge < -0.3 is 8.98 Å². The summed E-state index contributed by atoms with van der Waals surface area (Å²) in [5.41, 5.74) is -6.20. The Labute approximate surface area is 325 Å². The van der Waals surface area contributed by atoms with Gasteiger partial charge in [-0.3, -0.25) is 0 Å². The van der Waals surface area contributed by atoms with Crippen molar-refractivity contribution in [2.75, 3.05) is 0 Å². The van der Waals surface area contributed by atoms with E-state index < -0.39 is 247 Å². The van der Waals surface area contributed by atoms with Crippen molar-refractivity contribution in [3.63, 3.8) is 0 Å². The molecule has 0 radical (unpaired) electrons. The zero-order chi connectivity index (χ0) is 56.5. The standard InChI is InChI=1S/C45H28N4O/c1-3-13-29(14-4-1)31-17-11-18-32(27-31)44-46-43(30-15-5-2-6-16-30)47-45(48-44)37-21-12-24-40-42(37)36-26-25-33(28-41(36)50-40)49-38-22-9-7-19-34(38)35-20-8-10-23-39(35)49/h1-28H/i1D,2D,3D,4D,5D,6D,7D,8D,9D,10D,11D,12D,13D,14D,15D,16D,17D,18D,19D,20D,21D,22D,23D,24D,26D,27D,28D. The van der Waals surface area contributed by atoms with Crippen molar-refractivity contribution in [1.29, 1.82) is 0 Å². The Morgan fingerprint density at radius 2 is 1.02 bits per heavy atom. The summed E-state index contributed by atoms with van der Waals surface area (Å²) in [6.45, 7) is 0. The second kappa shape index (κ2) is 11.4. The lowest BCUT2D eigenvalue weighted by atomic mass is 10.0. The van der Waals surface area contributed by atoms with Crippen LogP contribution in [0.4, 0.5) is 0 Å². The van der Waals surface area contributed by atoms with E-state index in [1.165, 1.54) is 0 Å². The molecular weight excluding hydrogens is 613 g/mol. The van der Waals surface area contributed by atoms with Crippen LogP contribution in [0.15, 0.2) is 174 Å². The Morgan fingerprint density at radius 1 is 0.440 bits per heavy atom. The molecule has 0 N–H and O–H groups in total. The van der Waals surface area contributed by atoms with Gasteiger partial charge in [0, 0.05) is 50.0 Å². The zero-order valence-corrected chi connectivity index (χ0v) is 24.8. The van der Waals surface area contributed by atoms with E-state index >= 15 is 0 Å². The zero-order valence-electron chi connectivity index (χ0n) is 51.8. The van der Waals surface area contributed by atoms with Crippen molar-refractivity contribution in [2.45, 2.75) is 0 Å². The van der Waals surface area contributed by atoms with E-state index in [0.717, 1.165) is 10.6 Å². The van der Waals surface area contributed by atoms with Crippen LogP contribution in [0.25, 0.3) is 94.7 Å². The lowest BCUT2D eigenvalue weighted by molar-refractivity contribution is 0.668. The van der Waals surface area contributed by atoms with E-state index in [9.17, 15) is 5.48 Å². The molecule has 0 atom stereocenters. The van der Waals surface area contributed by atoms with Gasteiger partial charge >= 0.3 is 0 Å². The third-order valence-corrected chi connectivity index (χ3v) is 7.57. The highest BCUT2D eigenvalue weighted by Gasteiger charge is 2.19. The maximum Gasteiger partial charge on any atom is 0.164 e. The number of rotatable bonds is 5. The van der Waals surface area contributed by atoms with Gasteiger partial charge in [-0.15, -0.1) is 0 Å². The molecule has 3 heterocycles. The second-order valence-electron chi connectivity index (χ2n) is 10.4. The molecule has 5 heteroatoms. The van der Waals surface area contributed by atoms with Crippen LogP contribution in [0.3, 0.4) is 0 Å². The monoisotopic (exact) mass is 667 g/mol. The topological polar surface area (TPSA) is 56.7 Å². The third kappa shape index (κ3) is 4.60. The summed E-state index contributed by atoms with van der Waals surface area (Å²) in [6.07, 6.45) is 0.